The van der Waals surface area contributed by atoms with Crippen LogP contribution in [0.3, 0.4) is 0 Å². The smallest absolute Gasteiger partial charge is 0.184 e. The van der Waals surface area contributed by atoms with Crippen molar-refractivity contribution in [3.8, 4) is 11.8 Å². The average Bonchev–Trinajstić information content (AvgIpc) is 3.00. The van der Waals surface area contributed by atoms with Gasteiger partial charge in [0.15, 0.2) is 5.13 Å². The molecule has 0 saturated carbocycles. The second-order valence-corrected chi connectivity index (χ2v) is 8.23. The highest BCUT2D eigenvalue weighted by Gasteiger charge is 2.43. The largest absolute Gasteiger partial charge is 0.485 e. The van der Waals surface area contributed by atoms with Gasteiger partial charge in [0.1, 0.15) is 17.5 Å². The van der Waals surface area contributed by atoms with Crippen LogP contribution in [0.2, 0.25) is 5.02 Å². The lowest BCUT2D eigenvalue weighted by Crippen LogP contribution is -2.50. The lowest BCUT2D eigenvalue weighted by molar-refractivity contribution is -0.0532. The van der Waals surface area contributed by atoms with E-state index in [1.807, 2.05) is 32.0 Å². The van der Waals surface area contributed by atoms with Gasteiger partial charge in [0.05, 0.1) is 27.9 Å². The fraction of sp³-hybridized carbons (Fsp3) is 0.263. The lowest BCUT2D eigenvalue weighted by Gasteiger charge is -2.42. The quantitative estimate of drug-likeness (QED) is 0.678. The second-order valence-electron chi connectivity index (χ2n) is 6.77. The van der Waals surface area contributed by atoms with Crippen molar-refractivity contribution in [2.45, 2.75) is 31.6 Å². The Bertz CT molecular complexity index is 1040. The molecule has 1 aliphatic heterocycles. The highest BCUT2D eigenvalue weighted by molar-refractivity contribution is 7.22. The fourth-order valence-corrected chi connectivity index (χ4v) is 4.17. The van der Waals surface area contributed by atoms with Crippen LogP contribution in [0.5, 0.6) is 5.75 Å². The molecule has 1 aliphatic rings. The van der Waals surface area contributed by atoms with Gasteiger partial charge in [0, 0.05) is 10.6 Å². The van der Waals surface area contributed by atoms with Crippen LogP contribution < -0.4 is 10.1 Å². The van der Waals surface area contributed by atoms with Crippen molar-refractivity contribution in [3.63, 3.8) is 0 Å². The van der Waals surface area contributed by atoms with Gasteiger partial charge in [0.25, 0.3) is 0 Å². The van der Waals surface area contributed by atoms with Crippen LogP contribution in [0.25, 0.3) is 10.2 Å². The molecule has 3 aromatic rings. The second kappa shape index (κ2) is 6.13. The van der Waals surface area contributed by atoms with Crippen LogP contribution in [0.15, 0.2) is 36.4 Å². The van der Waals surface area contributed by atoms with E-state index in [9.17, 15) is 10.4 Å². The van der Waals surface area contributed by atoms with Crippen molar-refractivity contribution < 1.29 is 9.84 Å². The summed E-state index contributed by atoms with van der Waals surface area (Å²) in [5, 5.41) is 24.7. The van der Waals surface area contributed by atoms with E-state index in [1.165, 1.54) is 11.3 Å². The maximum atomic E-state index is 10.9. The van der Waals surface area contributed by atoms with E-state index >= 15 is 0 Å². The number of ether oxygens (including phenoxy) is 1. The Morgan fingerprint density at radius 3 is 2.88 bits per heavy atom. The van der Waals surface area contributed by atoms with E-state index in [1.54, 1.807) is 18.2 Å². The minimum atomic E-state index is -0.820. The molecule has 7 heteroatoms. The molecule has 26 heavy (non-hydrogen) atoms. The van der Waals surface area contributed by atoms with Crippen molar-refractivity contribution in [2.75, 3.05) is 5.32 Å². The predicted octanol–water partition coefficient (Wildman–Crippen LogP) is 4.51. The molecule has 0 bridgehead atoms. The molecule has 2 atom stereocenters. The monoisotopic (exact) mass is 385 g/mol. The molecule has 2 aromatic carbocycles. The third kappa shape index (κ3) is 2.88. The first-order valence-electron chi connectivity index (χ1n) is 8.11. The van der Waals surface area contributed by atoms with Crippen molar-refractivity contribution in [3.05, 3.63) is 52.5 Å². The van der Waals surface area contributed by atoms with Gasteiger partial charge in [-0.15, -0.1) is 0 Å². The molecule has 0 saturated heterocycles. The van der Waals surface area contributed by atoms with Gasteiger partial charge in [-0.2, -0.15) is 5.26 Å². The number of benzene rings is 2. The molecular formula is C19H16ClN3O2S. The lowest BCUT2D eigenvalue weighted by atomic mass is 9.86. The zero-order valence-electron chi connectivity index (χ0n) is 14.2. The Morgan fingerprint density at radius 2 is 2.12 bits per heavy atom. The van der Waals surface area contributed by atoms with Crippen molar-refractivity contribution >= 4 is 38.3 Å². The number of thiazole rings is 1. The molecule has 0 amide bonds. The highest BCUT2D eigenvalue weighted by atomic mass is 35.5. The summed E-state index contributed by atoms with van der Waals surface area (Å²) in [6.07, 6.45) is -0.820. The van der Waals surface area contributed by atoms with E-state index in [-0.39, 0.29) is 0 Å². The topological polar surface area (TPSA) is 78.2 Å². The highest BCUT2D eigenvalue weighted by Crippen LogP contribution is 2.42. The summed E-state index contributed by atoms with van der Waals surface area (Å²) in [5.74, 6) is 0.654. The molecule has 2 N–H and O–H groups in total. The molecule has 2 heterocycles. The summed E-state index contributed by atoms with van der Waals surface area (Å²) in [6.45, 7) is 3.68. The standard InChI is InChI=1S/C19H16ClN3O2S/c1-19(2)17(24)16(12-7-10(9-21)3-5-14(12)25-19)23-18-22-13-8-11(20)4-6-15(13)26-18/h3-8,16-17,24H,1-2H3,(H,22,23)/t16-,17+/m1/s1. The Balaban J connectivity index is 1.77. The van der Waals surface area contributed by atoms with Crippen molar-refractivity contribution in [1.82, 2.24) is 4.98 Å². The summed E-state index contributed by atoms with van der Waals surface area (Å²) in [7, 11) is 0. The molecule has 0 unspecified atom stereocenters. The Hall–Kier alpha value is -2.33. The Kier molecular flexibility index (Phi) is 4.03. The molecule has 0 fully saturated rings. The van der Waals surface area contributed by atoms with E-state index in [0.717, 1.165) is 15.8 Å². The van der Waals surface area contributed by atoms with Gasteiger partial charge in [-0.05, 0) is 50.2 Å². The fourth-order valence-electron chi connectivity index (χ4n) is 3.12. The van der Waals surface area contributed by atoms with Crippen LogP contribution in [-0.2, 0) is 0 Å². The number of nitriles is 1. The maximum absolute atomic E-state index is 10.9. The zero-order valence-corrected chi connectivity index (χ0v) is 15.7. The van der Waals surface area contributed by atoms with Gasteiger partial charge < -0.3 is 15.2 Å². The van der Waals surface area contributed by atoms with Crippen molar-refractivity contribution in [1.29, 1.82) is 5.26 Å². The number of aliphatic hydroxyl groups is 1. The first-order valence-corrected chi connectivity index (χ1v) is 9.30. The number of rotatable bonds is 2. The van der Waals surface area contributed by atoms with Crippen LogP contribution in [0, 0.1) is 11.3 Å². The van der Waals surface area contributed by atoms with Crippen molar-refractivity contribution in [2.24, 2.45) is 0 Å². The van der Waals surface area contributed by atoms with Crippen LogP contribution in [-0.4, -0.2) is 21.8 Å². The number of fused-ring (bicyclic) bond motifs is 2. The number of hydrogen-bond acceptors (Lipinski definition) is 6. The number of nitrogens with one attached hydrogen (secondary N) is 1. The third-order valence-corrected chi connectivity index (χ3v) is 5.71. The summed E-state index contributed by atoms with van der Waals surface area (Å²) in [5.41, 5.74) is 1.28. The van der Waals surface area contributed by atoms with Gasteiger partial charge in [-0.25, -0.2) is 4.98 Å². The molecule has 4 rings (SSSR count). The Morgan fingerprint density at radius 1 is 1.31 bits per heavy atom. The number of nitrogens with zero attached hydrogens (tertiary/aromatic N) is 2. The zero-order chi connectivity index (χ0) is 18.5. The first-order chi connectivity index (χ1) is 12.4. The van der Waals surface area contributed by atoms with E-state index in [2.05, 4.69) is 16.4 Å². The predicted molar refractivity (Wildman–Crippen MR) is 103 cm³/mol. The van der Waals surface area contributed by atoms with Gasteiger partial charge in [-0.1, -0.05) is 22.9 Å². The van der Waals surface area contributed by atoms with E-state index in [0.29, 0.717) is 21.5 Å². The molecule has 0 radical (unpaired) electrons. The maximum Gasteiger partial charge on any atom is 0.184 e. The first kappa shape index (κ1) is 17.1. The SMILES string of the molecule is CC1(C)Oc2ccc(C#N)cc2[C@@H](Nc2nc3cc(Cl)ccc3s2)[C@@H]1O. The number of hydrogen-bond donors (Lipinski definition) is 2. The molecular weight excluding hydrogens is 370 g/mol. The van der Waals surface area contributed by atoms with Gasteiger partial charge >= 0.3 is 0 Å². The molecule has 0 aliphatic carbocycles. The molecule has 132 valence electrons. The molecule has 0 spiro atoms. The Labute approximate surface area is 159 Å². The normalized spacial score (nSPS) is 20.9. The van der Waals surface area contributed by atoms with E-state index in [4.69, 9.17) is 16.3 Å². The molecule has 5 nitrogen and oxygen atoms in total. The van der Waals surface area contributed by atoms with Gasteiger partial charge in [-0.3, -0.25) is 0 Å². The summed E-state index contributed by atoms with van der Waals surface area (Å²) in [4.78, 5) is 4.57. The molecule has 1 aromatic heterocycles. The van der Waals surface area contributed by atoms with Crippen LogP contribution in [0.4, 0.5) is 5.13 Å². The average molecular weight is 386 g/mol. The van der Waals surface area contributed by atoms with Gasteiger partial charge in [0.2, 0.25) is 0 Å². The summed E-state index contributed by atoms with van der Waals surface area (Å²) < 4.78 is 6.94. The van der Waals surface area contributed by atoms with Crippen LogP contribution >= 0.6 is 22.9 Å². The minimum Gasteiger partial charge on any atom is -0.485 e. The minimum absolute atomic E-state index is 0.446. The third-order valence-electron chi connectivity index (χ3n) is 4.50. The number of anilines is 1. The number of aromatic nitrogens is 1. The summed E-state index contributed by atoms with van der Waals surface area (Å²) in [6, 6.07) is 12.5. The number of halogens is 1. The van der Waals surface area contributed by atoms with E-state index < -0.39 is 17.7 Å². The van der Waals surface area contributed by atoms with Crippen LogP contribution in [0.1, 0.15) is 31.0 Å². The summed E-state index contributed by atoms with van der Waals surface area (Å²) >= 11 is 7.53. The number of aliphatic hydroxyl groups excluding tert-OH is 1.